The van der Waals surface area contributed by atoms with E-state index in [1.54, 1.807) is 0 Å². The lowest BCUT2D eigenvalue weighted by molar-refractivity contribution is -0.123. The molecule has 0 aliphatic carbocycles. The van der Waals surface area contributed by atoms with Gasteiger partial charge in [-0.25, -0.2) is 4.98 Å². The molecule has 0 spiro atoms. The van der Waals surface area contributed by atoms with E-state index in [2.05, 4.69) is 5.32 Å². The molecular formula is C21H23N3O2. The van der Waals surface area contributed by atoms with E-state index in [0.29, 0.717) is 12.3 Å². The second-order valence-corrected chi connectivity index (χ2v) is 6.33. The summed E-state index contributed by atoms with van der Waals surface area (Å²) >= 11 is 0. The fourth-order valence-corrected chi connectivity index (χ4v) is 2.63. The number of carbonyl (C=O) groups excluding carboxylic acids is 1. The predicted octanol–water partition coefficient (Wildman–Crippen LogP) is 2.96. The van der Waals surface area contributed by atoms with Gasteiger partial charge in [0, 0.05) is 30.1 Å². The minimum Gasteiger partial charge on any atom is -0.483 e. The number of likely N-dealkylation sites (N-methyl/N-ethyl adjacent to an activating group) is 1. The maximum absolute atomic E-state index is 12.0. The zero-order chi connectivity index (χ0) is 18.4. The zero-order valence-corrected chi connectivity index (χ0v) is 15.1. The van der Waals surface area contributed by atoms with Crippen molar-refractivity contribution in [1.29, 1.82) is 0 Å². The van der Waals surface area contributed by atoms with Crippen LogP contribution in [0.2, 0.25) is 0 Å². The van der Waals surface area contributed by atoms with E-state index < -0.39 is 0 Å². The van der Waals surface area contributed by atoms with E-state index >= 15 is 0 Å². The molecule has 0 radical (unpaired) electrons. The Bertz CT molecular complexity index is 879. The molecule has 0 bridgehead atoms. The number of nitrogens with zero attached hydrogens (tertiary/aromatic N) is 2. The molecule has 3 rings (SSSR count). The normalized spacial score (nSPS) is 10.9. The maximum atomic E-state index is 12.0. The van der Waals surface area contributed by atoms with Crippen molar-refractivity contribution >= 4 is 16.8 Å². The fourth-order valence-electron chi connectivity index (χ4n) is 2.63. The molecule has 0 aliphatic heterocycles. The van der Waals surface area contributed by atoms with Gasteiger partial charge in [0.1, 0.15) is 5.75 Å². The molecule has 134 valence electrons. The Morgan fingerprint density at radius 3 is 2.58 bits per heavy atom. The molecule has 5 nitrogen and oxygen atoms in total. The van der Waals surface area contributed by atoms with Crippen LogP contribution in [0.1, 0.15) is 0 Å². The van der Waals surface area contributed by atoms with Crippen molar-refractivity contribution in [2.24, 2.45) is 0 Å². The van der Waals surface area contributed by atoms with E-state index in [4.69, 9.17) is 9.72 Å². The zero-order valence-electron chi connectivity index (χ0n) is 15.1. The molecule has 26 heavy (non-hydrogen) atoms. The van der Waals surface area contributed by atoms with E-state index in [9.17, 15) is 4.79 Å². The number of carbonyl (C=O) groups is 1. The molecule has 3 aromatic rings. The van der Waals surface area contributed by atoms with Gasteiger partial charge >= 0.3 is 0 Å². The number of pyridine rings is 1. The minimum atomic E-state index is -0.131. The van der Waals surface area contributed by atoms with Crippen LogP contribution in [-0.2, 0) is 4.79 Å². The van der Waals surface area contributed by atoms with Gasteiger partial charge in [-0.05, 0) is 26.2 Å². The third-order valence-corrected chi connectivity index (χ3v) is 3.99. The van der Waals surface area contributed by atoms with Crippen LogP contribution in [0.3, 0.4) is 0 Å². The number of ether oxygens (including phenoxy) is 1. The third kappa shape index (κ3) is 4.58. The second kappa shape index (κ2) is 8.45. The number of hydrogen-bond donors (Lipinski definition) is 1. The Labute approximate surface area is 153 Å². The van der Waals surface area contributed by atoms with Gasteiger partial charge in [-0.3, -0.25) is 4.79 Å². The Hall–Kier alpha value is -2.92. The van der Waals surface area contributed by atoms with Gasteiger partial charge in [-0.15, -0.1) is 0 Å². The van der Waals surface area contributed by atoms with Gasteiger partial charge in [0.05, 0.1) is 11.2 Å². The SMILES string of the molecule is CN(C)CCNC(=O)COc1cc(-c2ccccc2)nc2ccccc12. The molecule has 0 atom stereocenters. The first kappa shape index (κ1) is 17.9. The van der Waals surface area contributed by atoms with Crippen LogP contribution < -0.4 is 10.1 Å². The van der Waals surface area contributed by atoms with Crippen LogP contribution in [-0.4, -0.2) is 49.6 Å². The molecule has 0 unspecified atom stereocenters. The second-order valence-electron chi connectivity index (χ2n) is 6.33. The summed E-state index contributed by atoms with van der Waals surface area (Å²) in [5, 5.41) is 3.75. The molecule has 1 N–H and O–H groups in total. The van der Waals surface area contributed by atoms with Crippen LogP contribution in [0.4, 0.5) is 0 Å². The number of nitrogens with one attached hydrogen (secondary N) is 1. The lowest BCUT2D eigenvalue weighted by Gasteiger charge is -2.13. The van der Waals surface area contributed by atoms with Crippen LogP contribution in [0.25, 0.3) is 22.2 Å². The van der Waals surface area contributed by atoms with Crippen molar-refractivity contribution in [1.82, 2.24) is 15.2 Å². The van der Waals surface area contributed by atoms with Gasteiger partial charge in [0.2, 0.25) is 0 Å². The lowest BCUT2D eigenvalue weighted by atomic mass is 10.1. The van der Waals surface area contributed by atoms with Crippen molar-refractivity contribution in [3.63, 3.8) is 0 Å². The molecule has 1 heterocycles. The van der Waals surface area contributed by atoms with Gasteiger partial charge < -0.3 is 15.0 Å². The smallest absolute Gasteiger partial charge is 0.257 e. The summed E-state index contributed by atoms with van der Waals surface area (Å²) in [7, 11) is 3.94. The summed E-state index contributed by atoms with van der Waals surface area (Å²) in [5.74, 6) is 0.534. The standard InChI is InChI=1S/C21H23N3O2/c1-24(2)13-12-22-21(25)15-26-20-14-19(16-8-4-3-5-9-16)23-18-11-7-6-10-17(18)20/h3-11,14H,12-13,15H2,1-2H3,(H,22,25). The number of hydrogen-bond acceptors (Lipinski definition) is 4. The Morgan fingerprint density at radius 2 is 1.81 bits per heavy atom. The topological polar surface area (TPSA) is 54.5 Å². The van der Waals surface area contributed by atoms with Crippen molar-refractivity contribution < 1.29 is 9.53 Å². The molecule has 2 aromatic carbocycles. The summed E-state index contributed by atoms with van der Waals surface area (Å²) in [5.41, 5.74) is 2.68. The average Bonchev–Trinajstić information content (AvgIpc) is 2.66. The molecule has 1 amide bonds. The Morgan fingerprint density at radius 1 is 1.08 bits per heavy atom. The van der Waals surface area contributed by atoms with Crippen LogP contribution >= 0.6 is 0 Å². The fraction of sp³-hybridized carbons (Fsp3) is 0.238. The van der Waals surface area contributed by atoms with E-state index in [0.717, 1.165) is 28.7 Å². The molecule has 0 fully saturated rings. The number of rotatable bonds is 7. The minimum absolute atomic E-state index is 0.0182. The molecular weight excluding hydrogens is 326 g/mol. The highest BCUT2D eigenvalue weighted by Gasteiger charge is 2.10. The van der Waals surface area contributed by atoms with E-state index in [1.807, 2.05) is 79.7 Å². The molecule has 5 heteroatoms. The van der Waals surface area contributed by atoms with E-state index in [-0.39, 0.29) is 12.5 Å². The average molecular weight is 349 g/mol. The Balaban J connectivity index is 1.79. The van der Waals surface area contributed by atoms with Gasteiger partial charge in [-0.2, -0.15) is 0 Å². The van der Waals surface area contributed by atoms with Crippen molar-refractivity contribution in [3.05, 3.63) is 60.7 Å². The van der Waals surface area contributed by atoms with Gasteiger partial charge in [-0.1, -0.05) is 42.5 Å². The number of benzene rings is 2. The van der Waals surface area contributed by atoms with Crippen LogP contribution in [0, 0.1) is 0 Å². The first-order valence-corrected chi connectivity index (χ1v) is 8.63. The summed E-state index contributed by atoms with van der Waals surface area (Å²) < 4.78 is 5.84. The molecule has 0 aliphatic rings. The van der Waals surface area contributed by atoms with Gasteiger partial charge in [0.25, 0.3) is 5.91 Å². The van der Waals surface area contributed by atoms with Crippen molar-refractivity contribution in [3.8, 4) is 17.0 Å². The van der Waals surface area contributed by atoms with Crippen molar-refractivity contribution in [2.45, 2.75) is 0 Å². The summed E-state index contributed by atoms with van der Waals surface area (Å²) in [6.45, 7) is 1.37. The quantitative estimate of drug-likeness (QED) is 0.712. The highest BCUT2D eigenvalue weighted by molar-refractivity contribution is 5.88. The first-order valence-electron chi connectivity index (χ1n) is 8.63. The summed E-state index contributed by atoms with van der Waals surface area (Å²) in [6, 6.07) is 19.6. The predicted molar refractivity (Wildman–Crippen MR) is 104 cm³/mol. The number of fused-ring (bicyclic) bond motifs is 1. The third-order valence-electron chi connectivity index (χ3n) is 3.99. The first-order chi connectivity index (χ1) is 12.6. The van der Waals surface area contributed by atoms with Crippen molar-refractivity contribution in [2.75, 3.05) is 33.8 Å². The maximum Gasteiger partial charge on any atom is 0.257 e. The highest BCUT2D eigenvalue weighted by atomic mass is 16.5. The van der Waals surface area contributed by atoms with E-state index in [1.165, 1.54) is 0 Å². The van der Waals surface area contributed by atoms with Crippen LogP contribution in [0.5, 0.6) is 5.75 Å². The number of para-hydroxylation sites is 1. The lowest BCUT2D eigenvalue weighted by Crippen LogP contribution is -2.34. The summed E-state index contributed by atoms with van der Waals surface area (Å²) in [6.07, 6.45) is 0. The monoisotopic (exact) mass is 349 g/mol. The summed E-state index contributed by atoms with van der Waals surface area (Å²) in [4.78, 5) is 18.8. The largest absolute Gasteiger partial charge is 0.483 e. The number of amides is 1. The molecule has 0 saturated heterocycles. The van der Waals surface area contributed by atoms with Gasteiger partial charge in [0.15, 0.2) is 6.61 Å². The van der Waals surface area contributed by atoms with Crippen LogP contribution in [0.15, 0.2) is 60.7 Å². The molecule has 1 aromatic heterocycles. The number of aromatic nitrogens is 1. The molecule has 0 saturated carbocycles. The Kier molecular flexibility index (Phi) is 5.81. The highest BCUT2D eigenvalue weighted by Crippen LogP contribution is 2.29.